The molecule has 2 unspecified atom stereocenters. The number of anilines is 1. The fraction of sp³-hybridized carbons (Fsp3) is 0.429. The molecule has 3 aliphatic rings. The van der Waals surface area contributed by atoms with Crippen molar-refractivity contribution in [1.82, 2.24) is 9.88 Å². The Bertz CT molecular complexity index is 994. The van der Waals surface area contributed by atoms with Crippen molar-refractivity contribution in [2.45, 2.75) is 43.9 Å². The first kappa shape index (κ1) is 18.7. The third-order valence-electron chi connectivity index (χ3n) is 6.24. The molecule has 1 aromatic carbocycles. The van der Waals surface area contributed by atoms with Crippen LogP contribution in [0.15, 0.2) is 30.5 Å². The van der Waals surface area contributed by atoms with Crippen LogP contribution in [0.25, 0.3) is 0 Å². The summed E-state index contributed by atoms with van der Waals surface area (Å²) >= 11 is 6.30. The second-order valence-corrected chi connectivity index (χ2v) is 8.25. The number of benzene rings is 1. The molecule has 0 spiro atoms. The number of hydrogen-bond donors (Lipinski definition) is 0. The van der Waals surface area contributed by atoms with Crippen molar-refractivity contribution >= 4 is 23.2 Å². The van der Waals surface area contributed by atoms with Crippen LogP contribution in [-0.2, 0) is 17.4 Å². The molecule has 3 aliphatic heterocycles. The van der Waals surface area contributed by atoms with Crippen LogP contribution < -0.4 is 4.90 Å². The number of halogens is 4. The van der Waals surface area contributed by atoms with Crippen molar-refractivity contribution in [2.75, 3.05) is 18.0 Å². The number of pyridine rings is 1. The lowest BCUT2D eigenvalue weighted by Gasteiger charge is -2.43. The molecule has 152 valence electrons. The van der Waals surface area contributed by atoms with Crippen molar-refractivity contribution < 1.29 is 18.0 Å². The lowest BCUT2D eigenvalue weighted by molar-refractivity contribution is -0.138. The second kappa shape index (κ2) is 6.62. The zero-order chi connectivity index (χ0) is 20.3. The molecule has 0 saturated carbocycles. The molecule has 5 rings (SSSR count). The van der Waals surface area contributed by atoms with Gasteiger partial charge in [0.1, 0.15) is 0 Å². The maximum Gasteiger partial charge on any atom is 0.417 e. The van der Waals surface area contributed by atoms with E-state index in [0.717, 1.165) is 42.9 Å². The summed E-state index contributed by atoms with van der Waals surface area (Å²) in [5, 5.41) is 0.0177. The van der Waals surface area contributed by atoms with Gasteiger partial charge in [-0.05, 0) is 36.5 Å². The molecule has 4 nitrogen and oxygen atoms in total. The Morgan fingerprint density at radius 1 is 1.10 bits per heavy atom. The Morgan fingerprint density at radius 3 is 2.62 bits per heavy atom. The number of nitrogens with zero attached hydrogens (tertiary/aromatic N) is 3. The van der Waals surface area contributed by atoms with E-state index in [1.165, 1.54) is 5.56 Å². The standard InChI is InChI=1S/C21H19ClF3N3O/c22-15-9-13(21(23,24)25)11-26-19(15)17-10-16(27-7-2-5-18(27)29)14-4-1-3-12-6-8-28(17)20(12)14/h1,3-4,9,11,16-17H,2,5-8,10H2. The van der Waals surface area contributed by atoms with E-state index in [4.69, 9.17) is 11.6 Å². The van der Waals surface area contributed by atoms with Gasteiger partial charge in [0, 0.05) is 31.4 Å². The Morgan fingerprint density at radius 2 is 1.93 bits per heavy atom. The van der Waals surface area contributed by atoms with Crippen LogP contribution in [0.1, 0.15) is 53.7 Å². The van der Waals surface area contributed by atoms with Crippen LogP contribution in [0.3, 0.4) is 0 Å². The van der Waals surface area contributed by atoms with Gasteiger partial charge in [-0.25, -0.2) is 0 Å². The number of alkyl halides is 3. The molecule has 2 aromatic rings. The highest BCUT2D eigenvalue weighted by Gasteiger charge is 2.43. The minimum absolute atomic E-state index is 0.0177. The number of rotatable bonds is 2. The molecule has 0 radical (unpaired) electrons. The summed E-state index contributed by atoms with van der Waals surface area (Å²) < 4.78 is 39.1. The Hall–Kier alpha value is -2.28. The van der Waals surface area contributed by atoms with Crippen LogP contribution in [0, 0.1) is 0 Å². The van der Waals surface area contributed by atoms with E-state index in [0.29, 0.717) is 25.1 Å². The Kier molecular flexibility index (Phi) is 4.28. The second-order valence-electron chi connectivity index (χ2n) is 7.85. The number of carbonyl (C=O) groups excluding carboxylic acids is 1. The van der Waals surface area contributed by atoms with Crippen molar-refractivity contribution in [1.29, 1.82) is 0 Å². The molecule has 2 atom stereocenters. The van der Waals surface area contributed by atoms with E-state index >= 15 is 0 Å². The molecule has 0 bridgehead atoms. The molecule has 1 amide bonds. The molecular weight excluding hydrogens is 403 g/mol. The lowest BCUT2D eigenvalue weighted by Crippen LogP contribution is -2.40. The van der Waals surface area contributed by atoms with Crippen molar-refractivity contribution in [3.05, 3.63) is 57.9 Å². The molecule has 1 fully saturated rings. The summed E-state index contributed by atoms with van der Waals surface area (Å²) in [6.45, 7) is 1.46. The van der Waals surface area contributed by atoms with Crippen LogP contribution in [0.2, 0.25) is 5.02 Å². The fourth-order valence-electron chi connectivity index (χ4n) is 4.96. The predicted molar refractivity (Wildman–Crippen MR) is 103 cm³/mol. The molecule has 1 aromatic heterocycles. The van der Waals surface area contributed by atoms with E-state index in [1.807, 2.05) is 11.0 Å². The number of amides is 1. The van der Waals surface area contributed by atoms with Gasteiger partial charge in [0.15, 0.2) is 0 Å². The number of carbonyl (C=O) groups is 1. The lowest BCUT2D eigenvalue weighted by atomic mass is 9.88. The number of para-hydroxylation sites is 1. The third-order valence-corrected chi connectivity index (χ3v) is 6.54. The fourth-order valence-corrected chi connectivity index (χ4v) is 5.26. The van der Waals surface area contributed by atoms with Crippen molar-refractivity contribution in [2.24, 2.45) is 0 Å². The average Bonchev–Trinajstić information content (AvgIpc) is 3.30. The first-order chi connectivity index (χ1) is 13.8. The summed E-state index contributed by atoms with van der Waals surface area (Å²) in [7, 11) is 0. The normalized spacial score (nSPS) is 23.7. The first-order valence-corrected chi connectivity index (χ1v) is 10.1. The van der Waals surface area contributed by atoms with E-state index < -0.39 is 11.7 Å². The average molecular weight is 422 g/mol. The largest absolute Gasteiger partial charge is 0.417 e. The molecule has 8 heteroatoms. The highest BCUT2D eigenvalue weighted by molar-refractivity contribution is 6.31. The Balaban J connectivity index is 1.60. The smallest absolute Gasteiger partial charge is 0.362 e. The van der Waals surface area contributed by atoms with Gasteiger partial charge in [0.2, 0.25) is 5.91 Å². The van der Waals surface area contributed by atoms with Gasteiger partial charge in [-0.2, -0.15) is 13.2 Å². The van der Waals surface area contributed by atoms with Gasteiger partial charge in [-0.1, -0.05) is 29.8 Å². The zero-order valence-electron chi connectivity index (χ0n) is 15.5. The van der Waals surface area contributed by atoms with Crippen LogP contribution in [0.5, 0.6) is 0 Å². The first-order valence-electron chi connectivity index (χ1n) is 9.75. The summed E-state index contributed by atoms with van der Waals surface area (Å²) in [5.41, 5.74) is 3.00. The monoisotopic (exact) mass is 421 g/mol. The minimum atomic E-state index is -4.49. The van der Waals surface area contributed by atoms with Gasteiger partial charge in [0.25, 0.3) is 0 Å². The summed E-state index contributed by atoms with van der Waals surface area (Å²) in [5.74, 6) is 0.129. The van der Waals surface area contributed by atoms with Gasteiger partial charge < -0.3 is 9.80 Å². The van der Waals surface area contributed by atoms with Crippen molar-refractivity contribution in [3.8, 4) is 0 Å². The predicted octanol–water partition coefficient (Wildman–Crippen LogP) is 4.92. The van der Waals surface area contributed by atoms with Crippen LogP contribution in [0.4, 0.5) is 18.9 Å². The highest BCUT2D eigenvalue weighted by atomic mass is 35.5. The highest BCUT2D eigenvalue weighted by Crippen LogP contribution is 2.51. The van der Waals surface area contributed by atoms with Crippen LogP contribution >= 0.6 is 11.6 Å². The molecule has 29 heavy (non-hydrogen) atoms. The molecule has 0 N–H and O–H groups in total. The number of hydrogen-bond acceptors (Lipinski definition) is 3. The number of likely N-dealkylation sites (tertiary alicyclic amines) is 1. The maximum atomic E-state index is 13.0. The summed E-state index contributed by atoms with van der Waals surface area (Å²) in [6.07, 6.45) is -0.829. The number of aromatic nitrogens is 1. The maximum absolute atomic E-state index is 13.0. The van der Waals surface area contributed by atoms with E-state index in [9.17, 15) is 18.0 Å². The molecule has 1 saturated heterocycles. The molecular formula is C21H19ClF3N3O. The Labute approximate surface area is 171 Å². The van der Waals surface area contributed by atoms with Crippen LogP contribution in [-0.4, -0.2) is 28.9 Å². The summed E-state index contributed by atoms with van der Waals surface area (Å²) in [4.78, 5) is 20.7. The van der Waals surface area contributed by atoms with Crippen molar-refractivity contribution in [3.63, 3.8) is 0 Å². The topological polar surface area (TPSA) is 36.4 Å². The van der Waals surface area contributed by atoms with Gasteiger partial charge in [-0.3, -0.25) is 9.78 Å². The van der Waals surface area contributed by atoms with E-state index in [2.05, 4.69) is 22.0 Å². The molecule has 4 heterocycles. The molecule has 0 aliphatic carbocycles. The van der Waals surface area contributed by atoms with E-state index in [-0.39, 0.29) is 23.0 Å². The van der Waals surface area contributed by atoms with E-state index in [1.54, 1.807) is 0 Å². The quantitative estimate of drug-likeness (QED) is 0.690. The third kappa shape index (κ3) is 2.98. The SMILES string of the molecule is O=C1CCCN1C1CC(c2ncc(C(F)(F)F)cc2Cl)N2CCc3cccc1c32. The minimum Gasteiger partial charge on any atom is -0.362 e. The van der Waals surface area contributed by atoms with Gasteiger partial charge in [0.05, 0.1) is 28.4 Å². The van der Waals surface area contributed by atoms with Gasteiger partial charge >= 0.3 is 6.18 Å². The summed E-state index contributed by atoms with van der Waals surface area (Å²) in [6, 6.07) is 6.74. The zero-order valence-corrected chi connectivity index (χ0v) is 16.3. The van der Waals surface area contributed by atoms with Gasteiger partial charge in [-0.15, -0.1) is 0 Å².